The van der Waals surface area contributed by atoms with Gasteiger partial charge in [0.15, 0.2) is 11.5 Å². The van der Waals surface area contributed by atoms with Gasteiger partial charge in [0.05, 0.1) is 19.4 Å². The number of aromatic nitrogens is 4. The fourth-order valence-corrected chi connectivity index (χ4v) is 2.61. The van der Waals surface area contributed by atoms with Crippen molar-refractivity contribution in [3.05, 3.63) is 42.5 Å². The van der Waals surface area contributed by atoms with Crippen LogP contribution in [0.4, 0.5) is 11.5 Å². The number of benzene rings is 1. The molecular formula is C18H20N6O3. The predicted octanol–water partition coefficient (Wildman–Crippen LogP) is 1.54. The zero-order valence-electron chi connectivity index (χ0n) is 14.9. The summed E-state index contributed by atoms with van der Waals surface area (Å²) in [5.41, 5.74) is 8.49. The van der Waals surface area contributed by atoms with Gasteiger partial charge in [-0.05, 0) is 24.1 Å². The first-order valence-electron chi connectivity index (χ1n) is 8.46. The first-order chi connectivity index (χ1) is 13.0. The molecule has 0 saturated carbocycles. The Morgan fingerprint density at radius 3 is 2.70 bits per heavy atom. The largest absolute Gasteiger partial charge is 0.465 e. The minimum absolute atomic E-state index is 0.137. The monoisotopic (exact) mass is 368 g/mol. The number of aryl methyl sites for hydroxylation is 1. The van der Waals surface area contributed by atoms with E-state index in [-0.39, 0.29) is 18.3 Å². The van der Waals surface area contributed by atoms with Gasteiger partial charge in [0.25, 0.3) is 0 Å². The number of hydrogen-bond donors (Lipinski definition) is 2. The van der Waals surface area contributed by atoms with Crippen LogP contribution in [0.25, 0.3) is 11.2 Å². The number of esters is 1. The van der Waals surface area contributed by atoms with Gasteiger partial charge in [-0.1, -0.05) is 12.1 Å². The average Bonchev–Trinajstić information content (AvgIpc) is 3.05. The Hall–Kier alpha value is -3.49. The summed E-state index contributed by atoms with van der Waals surface area (Å²) in [5, 5.41) is 2.68. The number of carbonyl (C=O) groups is 2. The van der Waals surface area contributed by atoms with Gasteiger partial charge in [-0.2, -0.15) is 0 Å². The van der Waals surface area contributed by atoms with Crippen molar-refractivity contribution >= 4 is 34.5 Å². The average molecular weight is 368 g/mol. The molecule has 9 nitrogen and oxygen atoms in total. The molecule has 0 unspecified atom stereocenters. The summed E-state index contributed by atoms with van der Waals surface area (Å²) < 4.78 is 7.12. The molecule has 3 aromatic rings. The van der Waals surface area contributed by atoms with Crippen LogP contribution in [0.5, 0.6) is 0 Å². The van der Waals surface area contributed by atoms with Gasteiger partial charge in [-0.3, -0.25) is 9.59 Å². The molecule has 0 aliphatic carbocycles. The van der Waals surface area contributed by atoms with E-state index >= 15 is 0 Å². The molecule has 0 aliphatic heterocycles. The molecule has 0 bridgehead atoms. The summed E-state index contributed by atoms with van der Waals surface area (Å²) in [7, 11) is 0. The molecule has 3 rings (SSSR count). The number of nitrogens with zero attached hydrogens (tertiary/aromatic N) is 4. The van der Waals surface area contributed by atoms with Crippen LogP contribution in [0, 0.1) is 0 Å². The lowest BCUT2D eigenvalue weighted by Gasteiger charge is -2.07. The Bertz CT molecular complexity index is 951. The van der Waals surface area contributed by atoms with Gasteiger partial charge in [-0.15, -0.1) is 0 Å². The number of nitrogens with two attached hydrogens (primary N) is 1. The van der Waals surface area contributed by atoms with E-state index in [0.29, 0.717) is 42.2 Å². The van der Waals surface area contributed by atoms with Crippen LogP contribution in [0.1, 0.15) is 18.9 Å². The molecule has 9 heteroatoms. The van der Waals surface area contributed by atoms with Crippen molar-refractivity contribution in [3.8, 4) is 0 Å². The number of nitrogens with one attached hydrogen (secondary N) is 1. The third-order valence-corrected chi connectivity index (χ3v) is 3.86. The molecule has 1 amide bonds. The number of ether oxygens (including phenoxy) is 1. The Kier molecular flexibility index (Phi) is 5.60. The Labute approximate surface area is 155 Å². The smallest absolute Gasteiger partial charge is 0.310 e. The van der Waals surface area contributed by atoms with E-state index in [1.807, 2.05) is 4.57 Å². The number of nitrogen functional groups attached to an aromatic ring is 1. The van der Waals surface area contributed by atoms with Crippen LogP contribution in [0.2, 0.25) is 0 Å². The first-order valence-corrected chi connectivity index (χ1v) is 8.46. The molecular weight excluding hydrogens is 348 g/mol. The number of fused-ring (bicyclic) bond motifs is 1. The summed E-state index contributed by atoms with van der Waals surface area (Å²) >= 11 is 0. The highest BCUT2D eigenvalue weighted by Gasteiger charge is 2.08. The number of rotatable bonds is 7. The lowest BCUT2D eigenvalue weighted by atomic mass is 10.1. The molecule has 3 N–H and O–H groups in total. The van der Waals surface area contributed by atoms with E-state index in [0.717, 1.165) is 5.56 Å². The Morgan fingerprint density at radius 2 is 1.96 bits per heavy atom. The number of imidazole rings is 1. The van der Waals surface area contributed by atoms with Crippen molar-refractivity contribution in [2.75, 3.05) is 17.7 Å². The lowest BCUT2D eigenvalue weighted by Crippen LogP contribution is -2.11. The second-order valence-electron chi connectivity index (χ2n) is 6.00. The highest BCUT2D eigenvalue weighted by molar-refractivity contribution is 5.88. The second kappa shape index (κ2) is 8.26. The standard InChI is InChI=1S/C18H20N6O3/c1-12(25)23-14-5-3-13(4-6-14)9-15(26)27-8-2-7-24-11-22-16-17(19)20-10-21-18(16)24/h3-6,10-11H,2,7-9H2,1H3,(H,23,25)(H2,19,20,21). The van der Waals surface area contributed by atoms with E-state index in [9.17, 15) is 9.59 Å². The van der Waals surface area contributed by atoms with Crippen LogP contribution in [0.15, 0.2) is 36.9 Å². The Morgan fingerprint density at radius 1 is 1.19 bits per heavy atom. The SMILES string of the molecule is CC(=O)Nc1ccc(CC(=O)OCCCn2cnc3c(N)ncnc32)cc1. The number of hydrogen-bond acceptors (Lipinski definition) is 7. The second-order valence-corrected chi connectivity index (χ2v) is 6.00. The molecule has 0 spiro atoms. The fraction of sp³-hybridized carbons (Fsp3) is 0.278. The van der Waals surface area contributed by atoms with Crippen LogP contribution in [-0.4, -0.2) is 38.0 Å². The van der Waals surface area contributed by atoms with Crippen molar-refractivity contribution in [1.82, 2.24) is 19.5 Å². The van der Waals surface area contributed by atoms with E-state index in [4.69, 9.17) is 10.5 Å². The van der Waals surface area contributed by atoms with Crippen molar-refractivity contribution in [3.63, 3.8) is 0 Å². The van der Waals surface area contributed by atoms with Gasteiger partial charge in [0, 0.05) is 19.2 Å². The Balaban J connectivity index is 1.44. The highest BCUT2D eigenvalue weighted by atomic mass is 16.5. The molecule has 0 atom stereocenters. The molecule has 0 aliphatic rings. The maximum absolute atomic E-state index is 11.9. The predicted molar refractivity (Wildman–Crippen MR) is 99.8 cm³/mol. The van der Waals surface area contributed by atoms with Gasteiger partial charge in [0.1, 0.15) is 11.8 Å². The third kappa shape index (κ3) is 4.78. The summed E-state index contributed by atoms with van der Waals surface area (Å²) in [6.45, 7) is 2.34. The molecule has 27 heavy (non-hydrogen) atoms. The van der Waals surface area contributed by atoms with Crippen LogP contribution in [-0.2, 0) is 27.3 Å². The number of carbonyl (C=O) groups excluding carboxylic acids is 2. The van der Waals surface area contributed by atoms with E-state index < -0.39 is 0 Å². The van der Waals surface area contributed by atoms with Gasteiger partial charge < -0.3 is 20.4 Å². The maximum Gasteiger partial charge on any atom is 0.310 e. The quantitative estimate of drug-likeness (QED) is 0.479. The molecule has 0 radical (unpaired) electrons. The minimum atomic E-state index is -0.302. The molecule has 0 fully saturated rings. The van der Waals surface area contributed by atoms with Crippen LogP contribution < -0.4 is 11.1 Å². The van der Waals surface area contributed by atoms with Crippen LogP contribution in [0.3, 0.4) is 0 Å². The topological polar surface area (TPSA) is 125 Å². The van der Waals surface area contributed by atoms with Crippen molar-refractivity contribution in [2.45, 2.75) is 26.3 Å². The molecule has 0 saturated heterocycles. The van der Waals surface area contributed by atoms with Crippen molar-refractivity contribution in [1.29, 1.82) is 0 Å². The van der Waals surface area contributed by atoms with E-state index in [2.05, 4.69) is 20.3 Å². The normalized spacial score (nSPS) is 10.7. The van der Waals surface area contributed by atoms with Crippen molar-refractivity contribution in [2.24, 2.45) is 0 Å². The van der Waals surface area contributed by atoms with Gasteiger partial charge in [0.2, 0.25) is 5.91 Å². The maximum atomic E-state index is 11.9. The van der Waals surface area contributed by atoms with Gasteiger partial charge >= 0.3 is 5.97 Å². The molecule has 1 aromatic carbocycles. The summed E-state index contributed by atoms with van der Waals surface area (Å²) in [5.74, 6) is -0.0963. The summed E-state index contributed by atoms with van der Waals surface area (Å²) in [6.07, 6.45) is 3.85. The number of amides is 1. The minimum Gasteiger partial charge on any atom is -0.465 e. The van der Waals surface area contributed by atoms with Crippen LogP contribution >= 0.6 is 0 Å². The molecule has 140 valence electrons. The van der Waals surface area contributed by atoms with Crippen molar-refractivity contribution < 1.29 is 14.3 Å². The van der Waals surface area contributed by atoms with E-state index in [1.165, 1.54) is 13.3 Å². The zero-order valence-corrected chi connectivity index (χ0v) is 14.9. The van der Waals surface area contributed by atoms with E-state index in [1.54, 1.807) is 30.6 Å². The molecule has 2 aromatic heterocycles. The highest BCUT2D eigenvalue weighted by Crippen LogP contribution is 2.14. The third-order valence-electron chi connectivity index (χ3n) is 3.86. The summed E-state index contributed by atoms with van der Waals surface area (Å²) in [6, 6.07) is 7.08. The zero-order chi connectivity index (χ0) is 19.2. The lowest BCUT2D eigenvalue weighted by molar-refractivity contribution is -0.143. The fourth-order valence-electron chi connectivity index (χ4n) is 2.61. The summed E-state index contributed by atoms with van der Waals surface area (Å²) in [4.78, 5) is 35.2. The first kappa shape index (κ1) is 18.3. The van der Waals surface area contributed by atoms with Gasteiger partial charge in [-0.25, -0.2) is 15.0 Å². The number of anilines is 2. The molecule has 2 heterocycles.